The maximum absolute atomic E-state index is 3.04. The molecule has 9 heavy (non-hydrogen) atoms. The van der Waals surface area contributed by atoms with E-state index in [0.717, 1.165) is 0 Å². The van der Waals surface area contributed by atoms with E-state index in [0.29, 0.717) is 0 Å². The van der Waals surface area contributed by atoms with Gasteiger partial charge in [0.1, 0.15) is 0 Å². The van der Waals surface area contributed by atoms with Crippen molar-refractivity contribution in [1.82, 2.24) is 0 Å². The van der Waals surface area contributed by atoms with E-state index in [9.17, 15) is 0 Å². The first kappa shape index (κ1) is 6.87. The van der Waals surface area contributed by atoms with Gasteiger partial charge in [-0.2, -0.15) is 0 Å². The molecule has 0 unspecified atom stereocenters. The molecule has 1 rings (SSSR count). The topological polar surface area (TPSA) is 0 Å². The van der Waals surface area contributed by atoms with E-state index in [1.807, 2.05) is 16.6 Å². The number of hydrogen-bond donors (Lipinski definition) is 0. The van der Waals surface area contributed by atoms with Crippen LogP contribution in [0.4, 0.5) is 0 Å². The van der Waals surface area contributed by atoms with Crippen LogP contribution < -0.4 is 0 Å². The Hall–Kier alpha value is -0.248. The number of hydrogen-bond acceptors (Lipinski definition) is 0. The van der Waals surface area contributed by atoms with Crippen molar-refractivity contribution in [3.8, 4) is 0 Å². The molecule has 0 heterocycles. The van der Waals surface area contributed by atoms with E-state index in [-0.39, 0.29) is 0 Å². The SMILES string of the molecule is Cc1ccccc1[CH]=[Pd]. The van der Waals surface area contributed by atoms with Gasteiger partial charge >= 0.3 is 65.5 Å². The summed E-state index contributed by atoms with van der Waals surface area (Å²) in [7, 11) is 0. The van der Waals surface area contributed by atoms with Gasteiger partial charge in [-0.05, 0) is 0 Å². The predicted molar refractivity (Wildman–Crippen MR) is 36.3 cm³/mol. The van der Waals surface area contributed by atoms with Crippen molar-refractivity contribution in [2.24, 2.45) is 0 Å². The molecule has 0 spiro atoms. The summed E-state index contributed by atoms with van der Waals surface area (Å²) in [6.07, 6.45) is 0. The summed E-state index contributed by atoms with van der Waals surface area (Å²) >= 11 is 3.04. The van der Waals surface area contributed by atoms with Gasteiger partial charge in [0, 0.05) is 0 Å². The van der Waals surface area contributed by atoms with E-state index in [1.165, 1.54) is 11.1 Å². The van der Waals surface area contributed by atoms with E-state index in [1.54, 1.807) is 0 Å². The summed E-state index contributed by atoms with van der Waals surface area (Å²) in [5, 5.41) is 0. The van der Waals surface area contributed by atoms with Gasteiger partial charge in [-0.15, -0.1) is 0 Å². The Balaban J connectivity index is 3.15. The third kappa shape index (κ3) is 1.58. The third-order valence-electron chi connectivity index (χ3n) is 1.29. The van der Waals surface area contributed by atoms with Gasteiger partial charge in [-0.1, -0.05) is 0 Å². The Bertz CT molecular complexity index is 216. The Kier molecular flexibility index (Phi) is 2.33. The fraction of sp³-hybridized carbons (Fsp3) is 0.125. The van der Waals surface area contributed by atoms with Gasteiger partial charge in [0.05, 0.1) is 0 Å². The average molecular weight is 211 g/mol. The van der Waals surface area contributed by atoms with Crippen molar-refractivity contribution in [3.63, 3.8) is 0 Å². The van der Waals surface area contributed by atoms with E-state index >= 15 is 0 Å². The van der Waals surface area contributed by atoms with Crippen LogP contribution in [0.15, 0.2) is 24.3 Å². The summed E-state index contributed by atoms with van der Waals surface area (Å²) in [6, 6.07) is 8.25. The van der Waals surface area contributed by atoms with Crippen molar-refractivity contribution in [1.29, 1.82) is 0 Å². The van der Waals surface area contributed by atoms with Gasteiger partial charge in [0.25, 0.3) is 0 Å². The van der Waals surface area contributed by atoms with Crippen LogP contribution in [0.2, 0.25) is 0 Å². The molecule has 1 aromatic rings. The van der Waals surface area contributed by atoms with Crippen molar-refractivity contribution >= 4 is 4.49 Å². The molecular weight excluding hydrogens is 203 g/mol. The van der Waals surface area contributed by atoms with Crippen LogP contribution in [0, 0.1) is 6.92 Å². The van der Waals surface area contributed by atoms with E-state index < -0.39 is 0 Å². The second-order valence-corrected chi connectivity index (χ2v) is 2.40. The second-order valence-electron chi connectivity index (χ2n) is 1.95. The summed E-state index contributed by atoms with van der Waals surface area (Å²) in [5.41, 5.74) is 2.57. The van der Waals surface area contributed by atoms with Gasteiger partial charge in [0.2, 0.25) is 0 Å². The first-order valence-electron chi connectivity index (χ1n) is 2.80. The zero-order valence-electron chi connectivity index (χ0n) is 5.20. The van der Waals surface area contributed by atoms with Gasteiger partial charge in [-0.25, -0.2) is 0 Å². The summed E-state index contributed by atoms with van der Waals surface area (Å²) in [6.45, 7) is 2.10. The van der Waals surface area contributed by atoms with Crippen LogP contribution in [0.3, 0.4) is 0 Å². The average Bonchev–Trinajstić information content (AvgIpc) is 1.89. The second kappa shape index (κ2) is 3.06. The normalized spacial score (nSPS) is 9.22. The minimum atomic E-state index is 1.26. The first-order chi connectivity index (χ1) is 4.34. The molecule has 50 valence electrons. The predicted octanol–water partition coefficient (Wildman–Crippen LogP) is 1.69. The van der Waals surface area contributed by atoms with Crippen LogP contribution in [-0.4, -0.2) is 4.49 Å². The quantitative estimate of drug-likeness (QED) is 0.619. The van der Waals surface area contributed by atoms with Gasteiger partial charge in [-0.3, -0.25) is 0 Å². The standard InChI is InChI=1S/C8H8.Pd/c1-7-5-3-4-6-8(7)2;/h1,3-6H,2H3;. The number of rotatable bonds is 1. The zero-order valence-corrected chi connectivity index (χ0v) is 6.76. The molecule has 0 aliphatic carbocycles. The van der Waals surface area contributed by atoms with Crippen LogP contribution in [0.1, 0.15) is 11.1 Å². The van der Waals surface area contributed by atoms with Crippen LogP contribution in [0.25, 0.3) is 0 Å². The van der Waals surface area contributed by atoms with Crippen molar-refractivity contribution in [3.05, 3.63) is 35.4 Å². The summed E-state index contributed by atoms with van der Waals surface area (Å²) < 4.78 is 1.97. The molecule has 0 fully saturated rings. The molecule has 0 radical (unpaired) electrons. The monoisotopic (exact) mass is 210 g/mol. The molecule has 0 bridgehead atoms. The van der Waals surface area contributed by atoms with Crippen molar-refractivity contribution in [2.45, 2.75) is 6.92 Å². The molecule has 0 N–H and O–H groups in total. The number of benzene rings is 1. The Labute approximate surface area is 65.8 Å². The van der Waals surface area contributed by atoms with Crippen molar-refractivity contribution in [2.75, 3.05) is 0 Å². The van der Waals surface area contributed by atoms with Crippen LogP contribution >= 0.6 is 0 Å². The molecule has 0 atom stereocenters. The number of aryl methyl sites for hydroxylation is 1. The fourth-order valence-electron chi connectivity index (χ4n) is 0.689. The molecule has 0 aliphatic rings. The Morgan fingerprint density at radius 2 is 2.00 bits per heavy atom. The van der Waals surface area contributed by atoms with Crippen LogP contribution in [-0.2, 0) is 18.7 Å². The third-order valence-corrected chi connectivity index (χ3v) is 1.77. The minimum absolute atomic E-state index is 1.26. The summed E-state index contributed by atoms with van der Waals surface area (Å²) in [4.78, 5) is 0. The van der Waals surface area contributed by atoms with Gasteiger partial charge in [0.15, 0.2) is 0 Å². The van der Waals surface area contributed by atoms with Gasteiger partial charge < -0.3 is 0 Å². The molecule has 0 saturated heterocycles. The molecule has 0 nitrogen and oxygen atoms in total. The fourth-order valence-corrected chi connectivity index (χ4v) is 1.19. The molecule has 0 aromatic heterocycles. The molecule has 1 aromatic carbocycles. The zero-order chi connectivity index (χ0) is 6.69. The molecule has 0 aliphatic heterocycles. The summed E-state index contributed by atoms with van der Waals surface area (Å²) in [5.74, 6) is 0. The van der Waals surface area contributed by atoms with E-state index in [4.69, 9.17) is 0 Å². The van der Waals surface area contributed by atoms with Crippen LogP contribution in [0.5, 0.6) is 0 Å². The molecule has 0 saturated carbocycles. The first-order valence-corrected chi connectivity index (χ1v) is 3.70. The Morgan fingerprint density at radius 3 is 2.44 bits per heavy atom. The van der Waals surface area contributed by atoms with Crippen molar-refractivity contribution < 1.29 is 18.7 Å². The molecule has 0 amide bonds. The maximum atomic E-state index is 3.04. The van der Waals surface area contributed by atoms with E-state index in [2.05, 4.69) is 37.8 Å². The Morgan fingerprint density at radius 1 is 1.33 bits per heavy atom. The molecule has 1 heteroatoms. The molecular formula is C8H8Pd.